The fraction of sp³-hybridized carbons (Fsp3) is 0.545. The minimum absolute atomic E-state index is 0.232. The van der Waals surface area contributed by atoms with Crippen molar-refractivity contribution in [3.63, 3.8) is 0 Å². The molecule has 8 nitrogen and oxygen atoms in total. The number of piperazine rings is 2. The van der Waals surface area contributed by atoms with Gasteiger partial charge in [-0.05, 0) is 19.1 Å². The summed E-state index contributed by atoms with van der Waals surface area (Å²) in [6, 6.07) is 10.1. The summed E-state index contributed by atoms with van der Waals surface area (Å²) < 4.78 is 10.6. The Bertz CT molecular complexity index is 839. The van der Waals surface area contributed by atoms with E-state index >= 15 is 0 Å². The van der Waals surface area contributed by atoms with Gasteiger partial charge in [-0.25, -0.2) is 0 Å². The molecule has 0 radical (unpaired) electrons. The van der Waals surface area contributed by atoms with Gasteiger partial charge in [-0.1, -0.05) is 17.3 Å². The molecule has 1 aromatic heterocycles. The first-order valence-corrected chi connectivity index (χ1v) is 10.6. The molecule has 2 aliphatic rings. The van der Waals surface area contributed by atoms with Gasteiger partial charge < -0.3 is 19.1 Å². The third-order valence-electron chi connectivity index (χ3n) is 5.94. The van der Waals surface area contributed by atoms with Crippen LogP contribution in [0.25, 0.3) is 0 Å². The van der Waals surface area contributed by atoms with Crippen molar-refractivity contribution in [3.05, 3.63) is 41.8 Å². The topological polar surface area (TPSA) is 65.3 Å². The summed E-state index contributed by atoms with van der Waals surface area (Å²) >= 11 is 0. The molecule has 0 N–H and O–H groups in total. The van der Waals surface area contributed by atoms with Gasteiger partial charge in [0.2, 0.25) is 5.91 Å². The van der Waals surface area contributed by atoms with Gasteiger partial charge >= 0.3 is 0 Å². The van der Waals surface area contributed by atoms with Crippen LogP contribution < -0.4 is 9.64 Å². The quantitative estimate of drug-likeness (QED) is 0.710. The number of hydrogen-bond donors (Lipinski definition) is 0. The third kappa shape index (κ3) is 4.94. The van der Waals surface area contributed by atoms with Gasteiger partial charge in [-0.2, -0.15) is 0 Å². The molecule has 0 spiro atoms. The second-order valence-electron chi connectivity index (χ2n) is 8.02. The van der Waals surface area contributed by atoms with Crippen LogP contribution in [0.15, 0.2) is 34.9 Å². The number of hydrogen-bond acceptors (Lipinski definition) is 7. The molecular formula is C22H31N5O3. The maximum Gasteiger partial charge on any atom is 0.236 e. The molecule has 2 fully saturated rings. The minimum atomic E-state index is 0.232. The van der Waals surface area contributed by atoms with Crippen LogP contribution in [-0.4, -0.2) is 91.8 Å². The van der Waals surface area contributed by atoms with Crippen LogP contribution in [0.5, 0.6) is 5.75 Å². The zero-order valence-corrected chi connectivity index (χ0v) is 17.9. The molecule has 1 amide bonds. The number of nitrogens with zero attached hydrogens (tertiary/aromatic N) is 5. The molecule has 1 aromatic carbocycles. The lowest BCUT2D eigenvalue weighted by molar-refractivity contribution is -0.133. The van der Waals surface area contributed by atoms with Gasteiger partial charge in [0.05, 0.1) is 25.0 Å². The molecule has 3 heterocycles. The molecule has 2 aliphatic heterocycles. The van der Waals surface area contributed by atoms with E-state index < -0.39 is 0 Å². The molecule has 4 rings (SSSR count). The lowest BCUT2D eigenvalue weighted by Gasteiger charge is -2.38. The summed E-state index contributed by atoms with van der Waals surface area (Å²) in [4.78, 5) is 21.7. The molecule has 2 saturated heterocycles. The van der Waals surface area contributed by atoms with Gasteiger partial charge in [-0.3, -0.25) is 14.6 Å². The second kappa shape index (κ2) is 9.49. The molecule has 0 bridgehead atoms. The fourth-order valence-electron chi connectivity index (χ4n) is 4.21. The first kappa shape index (κ1) is 20.7. The van der Waals surface area contributed by atoms with Crippen LogP contribution in [0.4, 0.5) is 5.69 Å². The van der Waals surface area contributed by atoms with Crippen molar-refractivity contribution in [2.45, 2.75) is 13.5 Å². The maximum absolute atomic E-state index is 12.8. The first-order chi connectivity index (χ1) is 14.6. The average Bonchev–Trinajstić information content (AvgIpc) is 3.19. The number of rotatable bonds is 6. The van der Waals surface area contributed by atoms with E-state index in [1.54, 1.807) is 7.11 Å². The highest BCUT2D eigenvalue weighted by Gasteiger charge is 2.26. The van der Waals surface area contributed by atoms with Gasteiger partial charge in [-0.15, -0.1) is 0 Å². The normalized spacial score (nSPS) is 18.6. The number of amides is 1. The van der Waals surface area contributed by atoms with Gasteiger partial charge in [0.15, 0.2) is 0 Å². The number of aromatic nitrogens is 1. The monoisotopic (exact) mass is 413 g/mol. The number of anilines is 1. The van der Waals surface area contributed by atoms with E-state index in [4.69, 9.17) is 9.26 Å². The number of carbonyl (C=O) groups excluding carboxylic acids is 1. The average molecular weight is 414 g/mol. The molecule has 2 aromatic rings. The Morgan fingerprint density at radius 2 is 1.73 bits per heavy atom. The van der Waals surface area contributed by atoms with Gasteiger partial charge in [0.25, 0.3) is 0 Å². The highest BCUT2D eigenvalue weighted by Crippen LogP contribution is 2.28. The highest BCUT2D eigenvalue weighted by atomic mass is 16.5. The van der Waals surface area contributed by atoms with Crippen molar-refractivity contribution in [1.29, 1.82) is 0 Å². The van der Waals surface area contributed by atoms with E-state index in [0.29, 0.717) is 6.54 Å². The van der Waals surface area contributed by atoms with Crippen molar-refractivity contribution in [2.75, 3.05) is 70.9 Å². The zero-order chi connectivity index (χ0) is 20.9. The number of carbonyl (C=O) groups is 1. The van der Waals surface area contributed by atoms with Crippen LogP contribution >= 0.6 is 0 Å². The number of ether oxygens (including phenoxy) is 1. The maximum atomic E-state index is 12.8. The Balaban J connectivity index is 1.21. The number of benzene rings is 1. The lowest BCUT2D eigenvalue weighted by Crippen LogP contribution is -2.53. The largest absolute Gasteiger partial charge is 0.495 e. The van der Waals surface area contributed by atoms with Crippen molar-refractivity contribution in [2.24, 2.45) is 0 Å². The van der Waals surface area contributed by atoms with Crippen LogP contribution in [-0.2, 0) is 11.3 Å². The minimum Gasteiger partial charge on any atom is -0.495 e. The number of para-hydroxylation sites is 2. The van der Waals surface area contributed by atoms with E-state index in [1.165, 1.54) is 0 Å². The van der Waals surface area contributed by atoms with Crippen LogP contribution in [0.2, 0.25) is 0 Å². The van der Waals surface area contributed by atoms with Crippen LogP contribution in [0.1, 0.15) is 11.5 Å². The molecular weight excluding hydrogens is 382 g/mol. The summed E-state index contributed by atoms with van der Waals surface area (Å²) in [6.45, 7) is 10.1. The van der Waals surface area contributed by atoms with Crippen molar-refractivity contribution in [3.8, 4) is 5.75 Å². The molecule has 0 aliphatic carbocycles. The summed E-state index contributed by atoms with van der Waals surface area (Å²) in [5, 5.41) is 4.07. The summed E-state index contributed by atoms with van der Waals surface area (Å²) in [5.74, 6) is 1.96. The third-order valence-corrected chi connectivity index (χ3v) is 5.94. The standard InChI is InChI=1S/C22H31N5O3/c1-18-15-19(23-30-18)16-24-7-9-25(10-8-24)17-22(28)27-13-11-26(12-14-27)20-5-3-4-6-21(20)29-2/h3-6,15H,7-14,16-17H2,1-2H3. The summed E-state index contributed by atoms with van der Waals surface area (Å²) in [7, 11) is 1.70. The molecule has 8 heteroatoms. The Labute approximate surface area is 178 Å². The molecule has 0 unspecified atom stereocenters. The number of methoxy groups -OCH3 is 1. The lowest BCUT2D eigenvalue weighted by atomic mass is 10.2. The van der Waals surface area contributed by atoms with E-state index in [0.717, 1.165) is 81.8 Å². The Morgan fingerprint density at radius 1 is 1.03 bits per heavy atom. The molecule has 162 valence electrons. The fourth-order valence-corrected chi connectivity index (χ4v) is 4.21. The Kier molecular flexibility index (Phi) is 6.54. The summed E-state index contributed by atoms with van der Waals surface area (Å²) in [6.07, 6.45) is 0. The molecule has 30 heavy (non-hydrogen) atoms. The van der Waals surface area contributed by atoms with E-state index in [9.17, 15) is 4.79 Å². The van der Waals surface area contributed by atoms with E-state index in [-0.39, 0.29) is 5.91 Å². The van der Waals surface area contributed by atoms with Crippen LogP contribution in [0.3, 0.4) is 0 Å². The highest BCUT2D eigenvalue weighted by molar-refractivity contribution is 5.78. The predicted octanol–water partition coefficient (Wildman–Crippen LogP) is 1.46. The zero-order valence-electron chi connectivity index (χ0n) is 17.9. The Hall–Kier alpha value is -2.58. The van der Waals surface area contributed by atoms with Crippen molar-refractivity contribution >= 4 is 11.6 Å². The van der Waals surface area contributed by atoms with Crippen LogP contribution in [0, 0.1) is 6.92 Å². The SMILES string of the molecule is COc1ccccc1N1CCN(C(=O)CN2CCN(Cc3cc(C)on3)CC2)CC1. The van der Waals surface area contributed by atoms with Crippen molar-refractivity contribution in [1.82, 2.24) is 19.9 Å². The van der Waals surface area contributed by atoms with E-state index in [2.05, 4.69) is 25.9 Å². The Morgan fingerprint density at radius 3 is 2.40 bits per heavy atom. The molecule has 0 atom stereocenters. The van der Waals surface area contributed by atoms with Gasteiger partial charge in [0.1, 0.15) is 11.5 Å². The van der Waals surface area contributed by atoms with E-state index in [1.807, 2.05) is 36.1 Å². The van der Waals surface area contributed by atoms with Crippen molar-refractivity contribution < 1.29 is 14.1 Å². The molecule has 0 saturated carbocycles. The van der Waals surface area contributed by atoms with Gasteiger partial charge in [0, 0.05) is 65.0 Å². The predicted molar refractivity (Wildman–Crippen MR) is 115 cm³/mol. The number of aryl methyl sites for hydroxylation is 1. The second-order valence-corrected chi connectivity index (χ2v) is 8.02. The smallest absolute Gasteiger partial charge is 0.236 e. The first-order valence-electron chi connectivity index (χ1n) is 10.6. The summed E-state index contributed by atoms with van der Waals surface area (Å²) in [5.41, 5.74) is 2.08.